The van der Waals surface area contributed by atoms with Gasteiger partial charge in [-0.1, -0.05) is 61.2 Å². The second-order valence-electron chi connectivity index (χ2n) is 6.63. The van der Waals surface area contributed by atoms with Crippen LogP contribution in [0, 0.1) is 6.92 Å². The number of fused-ring (bicyclic) bond motifs is 1. The number of thioether (sulfide) groups is 1. The number of carbonyl (C=O) groups excluding carboxylic acids is 2. The van der Waals surface area contributed by atoms with Crippen LogP contribution in [0.3, 0.4) is 0 Å². The Morgan fingerprint density at radius 3 is 2.54 bits per heavy atom. The molecule has 0 aliphatic heterocycles. The summed E-state index contributed by atoms with van der Waals surface area (Å²) >= 11 is 1.32. The highest BCUT2D eigenvalue weighted by atomic mass is 32.2. The summed E-state index contributed by atoms with van der Waals surface area (Å²) in [6, 6.07) is 17.3. The maximum Gasteiger partial charge on any atom is 0.317 e. The van der Waals surface area contributed by atoms with Crippen molar-refractivity contribution in [2.45, 2.75) is 38.3 Å². The standard InChI is InChI=1S/C23H23NO3S/c1-4-17-9-11-18(12-10-17)23(26)16(3)27-22(25)14-28-21-13-15(2)19-7-5-6-8-20(19)24-21/h5-13,16H,4,14H2,1-3H3/t16-/m1/s1. The minimum Gasteiger partial charge on any atom is -0.454 e. The number of ether oxygens (including phenoxy) is 1. The Bertz CT molecular complexity index is 998. The fourth-order valence-electron chi connectivity index (χ4n) is 2.95. The lowest BCUT2D eigenvalue weighted by Gasteiger charge is -2.13. The highest BCUT2D eigenvalue weighted by Gasteiger charge is 2.19. The van der Waals surface area contributed by atoms with Gasteiger partial charge in [-0.25, -0.2) is 4.98 Å². The number of ketones is 1. The van der Waals surface area contributed by atoms with Crippen molar-refractivity contribution in [3.8, 4) is 0 Å². The first-order chi connectivity index (χ1) is 13.5. The van der Waals surface area contributed by atoms with Crippen LogP contribution in [-0.4, -0.2) is 28.6 Å². The Balaban J connectivity index is 1.58. The van der Waals surface area contributed by atoms with Gasteiger partial charge in [-0.15, -0.1) is 0 Å². The average Bonchev–Trinajstić information content (AvgIpc) is 2.72. The summed E-state index contributed by atoms with van der Waals surface area (Å²) in [5.74, 6) is -0.513. The summed E-state index contributed by atoms with van der Waals surface area (Å²) in [5.41, 5.74) is 3.73. The lowest BCUT2D eigenvalue weighted by Crippen LogP contribution is -2.25. The summed E-state index contributed by atoms with van der Waals surface area (Å²) in [4.78, 5) is 29.2. The topological polar surface area (TPSA) is 56.3 Å². The van der Waals surface area contributed by atoms with Gasteiger partial charge >= 0.3 is 5.97 Å². The molecular formula is C23H23NO3S. The molecule has 0 spiro atoms. The molecular weight excluding hydrogens is 370 g/mol. The predicted octanol–water partition coefficient (Wildman–Crippen LogP) is 5.01. The quantitative estimate of drug-likeness (QED) is 0.321. The molecule has 0 bridgehead atoms. The molecule has 1 aromatic heterocycles. The molecule has 1 heterocycles. The number of benzene rings is 2. The van der Waals surface area contributed by atoms with Crippen LogP contribution in [0.1, 0.15) is 35.3 Å². The summed E-state index contributed by atoms with van der Waals surface area (Å²) in [6.45, 7) is 5.69. The zero-order chi connectivity index (χ0) is 20.1. The Morgan fingerprint density at radius 1 is 1.11 bits per heavy atom. The molecule has 2 aromatic carbocycles. The predicted molar refractivity (Wildman–Crippen MR) is 113 cm³/mol. The highest BCUT2D eigenvalue weighted by molar-refractivity contribution is 7.99. The molecule has 1 atom stereocenters. The number of nitrogens with zero attached hydrogens (tertiary/aromatic N) is 1. The molecule has 0 saturated heterocycles. The van der Waals surface area contributed by atoms with Gasteiger partial charge < -0.3 is 4.74 Å². The Kier molecular flexibility index (Phi) is 6.47. The Morgan fingerprint density at radius 2 is 1.82 bits per heavy atom. The van der Waals surface area contributed by atoms with Crippen molar-refractivity contribution in [1.29, 1.82) is 0 Å². The molecule has 0 N–H and O–H groups in total. The number of esters is 1. The fraction of sp³-hybridized carbons (Fsp3) is 0.261. The van der Waals surface area contributed by atoms with E-state index in [4.69, 9.17) is 4.74 Å². The summed E-state index contributed by atoms with van der Waals surface area (Å²) in [6.07, 6.45) is 0.102. The van der Waals surface area contributed by atoms with Gasteiger partial charge in [0.05, 0.1) is 16.3 Å². The number of pyridine rings is 1. The third kappa shape index (κ3) is 4.78. The Hall–Kier alpha value is -2.66. The van der Waals surface area contributed by atoms with E-state index < -0.39 is 12.1 Å². The molecule has 0 unspecified atom stereocenters. The molecule has 144 valence electrons. The van der Waals surface area contributed by atoms with Gasteiger partial charge in [0.1, 0.15) is 0 Å². The molecule has 0 aliphatic rings. The first-order valence-corrected chi connectivity index (χ1v) is 10.3. The van der Waals surface area contributed by atoms with Crippen LogP contribution >= 0.6 is 11.8 Å². The molecule has 0 aliphatic carbocycles. The van der Waals surface area contributed by atoms with Crippen molar-refractivity contribution in [1.82, 2.24) is 4.98 Å². The number of aryl methyl sites for hydroxylation is 2. The molecule has 3 aromatic rings. The summed E-state index contributed by atoms with van der Waals surface area (Å²) in [7, 11) is 0. The van der Waals surface area contributed by atoms with Crippen molar-refractivity contribution < 1.29 is 14.3 Å². The number of para-hydroxylation sites is 1. The van der Waals surface area contributed by atoms with Crippen LogP contribution in [0.5, 0.6) is 0 Å². The van der Waals surface area contributed by atoms with Crippen LogP contribution in [0.25, 0.3) is 10.9 Å². The number of carbonyl (C=O) groups is 2. The Labute approximate surface area is 169 Å². The van der Waals surface area contributed by atoms with Crippen LogP contribution in [0.4, 0.5) is 0 Å². The molecule has 0 amide bonds. The van der Waals surface area contributed by atoms with Gasteiger partial charge in [0.15, 0.2) is 6.10 Å². The van der Waals surface area contributed by atoms with E-state index in [2.05, 4.69) is 11.9 Å². The molecule has 3 rings (SSSR count). The molecule has 0 fully saturated rings. The number of Topliss-reactive ketones (excluding diaryl/α,β-unsaturated/α-hetero) is 1. The van der Waals surface area contributed by atoms with E-state index in [1.807, 2.05) is 49.4 Å². The summed E-state index contributed by atoms with van der Waals surface area (Å²) < 4.78 is 5.33. The van der Waals surface area contributed by atoms with Gasteiger partial charge in [-0.3, -0.25) is 9.59 Å². The second kappa shape index (κ2) is 9.02. The highest BCUT2D eigenvalue weighted by Crippen LogP contribution is 2.23. The van der Waals surface area contributed by atoms with Crippen molar-refractivity contribution >= 4 is 34.4 Å². The van der Waals surface area contributed by atoms with E-state index >= 15 is 0 Å². The summed E-state index contributed by atoms with van der Waals surface area (Å²) in [5, 5.41) is 1.87. The number of hydrogen-bond acceptors (Lipinski definition) is 5. The minimum absolute atomic E-state index is 0.108. The van der Waals surface area contributed by atoms with E-state index in [0.717, 1.165) is 33.5 Å². The van der Waals surface area contributed by atoms with Crippen LogP contribution in [-0.2, 0) is 16.0 Å². The smallest absolute Gasteiger partial charge is 0.317 e. The van der Waals surface area contributed by atoms with Crippen LogP contribution < -0.4 is 0 Å². The van der Waals surface area contributed by atoms with E-state index in [1.54, 1.807) is 19.1 Å². The lowest BCUT2D eigenvalue weighted by atomic mass is 10.0. The number of rotatable bonds is 7. The SMILES string of the molecule is CCc1ccc(C(=O)[C@@H](C)OC(=O)CSc2cc(C)c3ccccc3n2)cc1. The van der Waals surface area contributed by atoms with Gasteiger partial charge in [-0.2, -0.15) is 0 Å². The van der Waals surface area contributed by atoms with Crippen molar-refractivity contribution in [3.05, 3.63) is 71.3 Å². The molecule has 4 nitrogen and oxygen atoms in total. The third-order valence-electron chi connectivity index (χ3n) is 4.56. The first-order valence-electron chi connectivity index (χ1n) is 9.29. The van der Waals surface area contributed by atoms with Crippen molar-refractivity contribution in [3.63, 3.8) is 0 Å². The normalized spacial score (nSPS) is 12.0. The van der Waals surface area contributed by atoms with Crippen molar-refractivity contribution in [2.75, 3.05) is 5.75 Å². The molecule has 5 heteroatoms. The second-order valence-corrected chi connectivity index (χ2v) is 7.63. The van der Waals surface area contributed by atoms with Gasteiger partial charge in [0.25, 0.3) is 0 Å². The van der Waals surface area contributed by atoms with E-state index in [1.165, 1.54) is 11.8 Å². The van der Waals surface area contributed by atoms with Crippen LogP contribution in [0.15, 0.2) is 59.6 Å². The molecule has 0 radical (unpaired) electrons. The fourth-order valence-corrected chi connectivity index (χ4v) is 3.71. The number of aromatic nitrogens is 1. The van der Waals surface area contributed by atoms with E-state index in [0.29, 0.717) is 5.56 Å². The lowest BCUT2D eigenvalue weighted by molar-refractivity contribution is -0.143. The third-order valence-corrected chi connectivity index (χ3v) is 5.45. The molecule has 0 saturated carbocycles. The van der Waals surface area contributed by atoms with Gasteiger partial charge in [0.2, 0.25) is 5.78 Å². The maximum absolute atomic E-state index is 12.4. The van der Waals surface area contributed by atoms with E-state index in [-0.39, 0.29) is 11.5 Å². The minimum atomic E-state index is -0.813. The van der Waals surface area contributed by atoms with E-state index in [9.17, 15) is 9.59 Å². The monoisotopic (exact) mass is 393 g/mol. The largest absolute Gasteiger partial charge is 0.454 e. The van der Waals surface area contributed by atoms with Gasteiger partial charge in [-0.05, 0) is 43.5 Å². The van der Waals surface area contributed by atoms with Crippen molar-refractivity contribution in [2.24, 2.45) is 0 Å². The number of hydrogen-bond donors (Lipinski definition) is 0. The maximum atomic E-state index is 12.4. The zero-order valence-corrected chi connectivity index (χ0v) is 17.1. The average molecular weight is 394 g/mol. The first kappa shape index (κ1) is 20.1. The zero-order valence-electron chi connectivity index (χ0n) is 16.3. The van der Waals surface area contributed by atoms with Crippen LogP contribution in [0.2, 0.25) is 0 Å². The molecule has 28 heavy (non-hydrogen) atoms. The van der Waals surface area contributed by atoms with Gasteiger partial charge in [0, 0.05) is 10.9 Å².